The summed E-state index contributed by atoms with van der Waals surface area (Å²) in [5.74, 6) is -0.0929. The number of nitrogens with two attached hydrogens (primary N) is 1. The van der Waals surface area contributed by atoms with E-state index in [4.69, 9.17) is 5.73 Å². The molecule has 0 aliphatic carbocycles. The summed E-state index contributed by atoms with van der Waals surface area (Å²) in [6.45, 7) is 7.92. The predicted octanol–water partition coefficient (Wildman–Crippen LogP) is 2.04. The highest BCUT2D eigenvalue weighted by molar-refractivity contribution is 5.99. The predicted molar refractivity (Wildman–Crippen MR) is 80.3 cm³/mol. The summed E-state index contributed by atoms with van der Waals surface area (Å²) in [4.78, 5) is 14.2. The second-order valence-electron chi connectivity index (χ2n) is 5.27. The van der Waals surface area contributed by atoms with Gasteiger partial charge in [-0.25, -0.2) is 0 Å². The summed E-state index contributed by atoms with van der Waals surface area (Å²) in [5.41, 5.74) is 8.00. The number of carbonyl (C=O) groups is 1. The molecule has 0 saturated heterocycles. The van der Waals surface area contributed by atoms with Gasteiger partial charge in [0.25, 0.3) is 5.91 Å². The van der Waals surface area contributed by atoms with Crippen LogP contribution in [-0.2, 0) is 0 Å². The van der Waals surface area contributed by atoms with Gasteiger partial charge in [0.05, 0.1) is 5.56 Å². The first-order valence-corrected chi connectivity index (χ1v) is 6.76. The van der Waals surface area contributed by atoms with Gasteiger partial charge in [-0.05, 0) is 58.5 Å². The van der Waals surface area contributed by atoms with Crippen LogP contribution in [0, 0.1) is 6.92 Å². The normalized spacial score (nSPS) is 11.1. The maximum Gasteiger partial charge on any atom is 0.253 e. The zero-order valence-corrected chi connectivity index (χ0v) is 12.4. The quantitative estimate of drug-likeness (QED) is 0.610. The third-order valence-corrected chi connectivity index (χ3v) is 3.31. The molecule has 1 aromatic carbocycles. The number of nitrogens with zero attached hydrogens (tertiary/aromatic N) is 1. The lowest BCUT2D eigenvalue weighted by Crippen LogP contribution is -2.31. The second-order valence-corrected chi connectivity index (χ2v) is 5.27. The van der Waals surface area contributed by atoms with Gasteiger partial charge < -0.3 is 16.0 Å². The van der Waals surface area contributed by atoms with E-state index in [1.807, 2.05) is 19.1 Å². The van der Waals surface area contributed by atoms with Crippen molar-refractivity contribution in [2.45, 2.75) is 33.2 Å². The molecule has 3 N–H and O–H groups in total. The smallest absolute Gasteiger partial charge is 0.253 e. The molecule has 0 aromatic heterocycles. The Labute approximate surface area is 116 Å². The van der Waals surface area contributed by atoms with E-state index in [0.29, 0.717) is 23.8 Å². The summed E-state index contributed by atoms with van der Waals surface area (Å²) in [6, 6.07) is 6.03. The molecular weight excluding hydrogens is 238 g/mol. The first-order chi connectivity index (χ1) is 8.91. The van der Waals surface area contributed by atoms with Crippen LogP contribution >= 0.6 is 0 Å². The van der Waals surface area contributed by atoms with Crippen LogP contribution in [0.1, 0.15) is 36.2 Å². The minimum absolute atomic E-state index is 0.0929. The molecule has 0 aliphatic heterocycles. The van der Waals surface area contributed by atoms with Gasteiger partial charge in [0.1, 0.15) is 0 Å². The Kier molecular flexibility index (Phi) is 5.83. The van der Waals surface area contributed by atoms with E-state index in [1.165, 1.54) is 0 Å². The Bertz CT molecular complexity index is 429. The fourth-order valence-corrected chi connectivity index (χ4v) is 1.77. The second kappa shape index (κ2) is 7.14. The van der Waals surface area contributed by atoms with E-state index in [1.54, 1.807) is 6.07 Å². The van der Waals surface area contributed by atoms with Gasteiger partial charge in [-0.15, -0.1) is 0 Å². The molecule has 19 heavy (non-hydrogen) atoms. The Morgan fingerprint density at radius 1 is 1.42 bits per heavy atom. The third kappa shape index (κ3) is 4.91. The average Bonchev–Trinajstić information content (AvgIpc) is 2.33. The first-order valence-electron chi connectivity index (χ1n) is 6.76. The monoisotopic (exact) mass is 263 g/mol. The van der Waals surface area contributed by atoms with Crippen LogP contribution in [0.4, 0.5) is 5.69 Å². The summed E-state index contributed by atoms with van der Waals surface area (Å²) in [6.07, 6.45) is 0.937. The van der Waals surface area contributed by atoms with Gasteiger partial charge in [-0.1, -0.05) is 6.07 Å². The minimum Gasteiger partial charge on any atom is -0.398 e. The van der Waals surface area contributed by atoms with Gasteiger partial charge in [-0.3, -0.25) is 4.79 Å². The maximum absolute atomic E-state index is 12.0. The topological polar surface area (TPSA) is 58.4 Å². The molecule has 0 saturated carbocycles. The minimum atomic E-state index is -0.0929. The summed E-state index contributed by atoms with van der Waals surface area (Å²) in [5, 5.41) is 2.91. The Balaban J connectivity index is 2.39. The molecule has 0 spiro atoms. The SMILES string of the molecule is Cc1ccc(C(=O)NCCCN(C)C(C)C)c(N)c1. The Hall–Kier alpha value is -1.55. The van der Waals surface area contributed by atoms with E-state index >= 15 is 0 Å². The maximum atomic E-state index is 12.0. The highest BCUT2D eigenvalue weighted by Gasteiger charge is 2.09. The van der Waals surface area contributed by atoms with Crippen molar-refractivity contribution in [3.05, 3.63) is 29.3 Å². The number of amides is 1. The van der Waals surface area contributed by atoms with E-state index in [0.717, 1.165) is 18.5 Å². The lowest BCUT2D eigenvalue weighted by Gasteiger charge is -2.20. The lowest BCUT2D eigenvalue weighted by molar-refractivity contribution is 0.0952. The van der Waals surface area contributed by atoms with Crippen molar-refractivity contribution in [3.8, 4) is 0 Å². The summed E-state index contributed by atoms with van der Waals surface area (Å²) < 4.78 is 0. The molecule has 0 fully saturated rings. The van der Waals surface area contributed by atoms with E-state index in [2.05, 4.69) is 31.1 Å². The molecule has 4 nitrogen and oxygen atoms in total. The van der Waals surface area contributed by atoms with Gasteiger partial charge in [0, 0.05) is 18.3 Å². The molecule has 0 bridgehead atoms. The molecule has 0 heterocycles. The number of hydrogen-bond donors (Lipinski definition) is 2. The van der Waals surface area contributed by atoms with Crippen molar-refractivity contribution < 1.29 is 4.79 Å². The van der Waals surface area contributed by atoms with Crippen LogP contribution in [0.5, 0.6) is 0 Å². The molecule has 1 aromatic rings. The number of benzene rings is 1. The zero-order chi connectivity index (χ0) is 14.4. The highest BCUT2D eigenvalue weighted by atomic mass is 16.1. The van der Waals surface area contributed by atoms with Crippen LogP contribution in [0.25, 0.3) is 0 Å². The van der Waals surface area contributed by atoms with Crippen molar-refractivity contribution in [3.63, 3.8) is 0 Å². The third-order valence-electron chi connectivity index (χ3n) is 3.31. The van der Waals surface area contributed by atoms with Crippen LogP contribution in [-0.4, -0.2) is 37.0 Å². The Morgan fingerprint density at radius 3 is 2.68 bits per heavy atom. The van der Waals surface area contributed by atoms with Crippen molar-refractivity contribution >= 4 is 11.6 Å². The molecule has 106 valence electrons. The Morgan fingerprint density at radius 2 is 2.11 bits per heavy atom. The molecular formula is C15H25N3O. The fourth-order valence-electron chi connectivity index (χ4n) is 1.77. The molecule has 1 rings (SSSR count). The van der Waals surface area contributed by atoms with Gasteiger partial charge in [0.2, 0.25) is 0 Å². The standard InChI is InChI=1S/C15H25N3O/c1-11(2)18(4)9-5-8-17-15(19)13-7-6-12(3)10-14(13)16/h6-7,10-11H,5,8-9,16H2,1-4H3,(H,17,19). The van der Waals surface area contributed by atoms with Crippen LogP contribution < -0.4 is 11.1 Å². The largest absolute Gasteiger partial charge is 0.398 e. The van der Waals surface area contributed by atoms with Crippen LogP contribution in [0.3, 0.4) is 0 Å². The van der Waals surface area contributed by atoms with Crippen molar-refractivity contribution in [1.29, 1.82) is 0 Å². The van der Waals surface area contributed by atoms with Crippen LogP contribution in [0.2, 0.25) is 0 Å². The van der Waals surface area contributed by atoms with Crippen molar-refractivity contribution in [1.82, 2.24) is 10.2 Å². The van der Waals surface area contributed by atoms with E-state index in [9.17, 15) is 4.79 Å². The van der Waals surface area contributed by atoms with Gasteiger partial charge >= 0.3 is 0 Å². The highest BCUT2D eigenvalue weighted by Crippen LogP contribution is 2.13. The number of nitrogens with one attached hydrogen (secondary N) is 1. The lowest BCUT2D eigenvalue weighted by atomic mass is 10.1. The van der Waals surface area contributed by atoms with Gasteiger partial charge in [0.15, 0.2) is 0 Å². The average molecular weight is 263 g/mol. The fraction of sp³-hybridized carbons (Fsp3) is 0.533. The van der Waals surface area contributed by atoms with E-state index in [-0.39, 0.29) is 5.91 Å². The number of rotatable bonds is 6. The number of anilines is 1. The molecule has 0 atom stereocenters. The zero-order valence-electron chi connectivity index (χ0n) is 12.4. The van der Waals surface area contributed by atoms with Crippen molar-refractivity contribution in [2.24, 2.45) is 0 Å². The number of nitrogen functional groups attached to an aromatic ring is 1. The molecule has 4 heteroatoms. The van der Waals surface area contributed by atoms with Gasteiger partial charge in [-0.2, -0.15) is 0 Å². The number of hydrogen-bond acceptors (Lipinski definition) is 3. The van der Waals surface area contributed by atoms with E-state index < -0.39 is 0 Å². The molecule has 0 aliphatic rings. The summed E-state index contributed by atoms with van der Waals surface area (Å²) in [7, 11) is 2.09. The molecule has 0 unspecified atom stereocenters. The number of carbonyl (C=O) groups excluding carboxylic acids is 1. The van der Waals surface area contributed by atoms with Crippen molar-refractivity contribution in [2.75, 3.05) is 25.9 Å². The molecule has 0 radical (unpaired) electrons. The van der Waals surface area contributed by atoms with Crippen LogP contribution in [0.15, 0.2) is 18.2 Å². The summed E-state index contributed by atoms with van der Waals surface area (Å²) >= 11 is 0. The number of aryl methyl sites for hydroxylation is 1. The first kappa shape index (κ1) is 15.5. The molecule has 1 amide bonds.